The Hall–Kier alpha value is -2.49. The monoisotopic (exact) mass is 295 g/mol. The van der Waals surface area contributed by atoms with Gasteiger partial charge in [-0.15, -0.1) is 10.2 Å². The predicted octanol–water partition coefficient (Wildman–Crippen LogP) is 1.28. The number of hydrogen-bond acceptors (Lipinski definition) is 7. The van der Waals surface area contributed by atoms with Gasteiger partial charge >= 0.3 is 11.7 Å². The lowest BCUT2D eigenvalue weighted by molar-refractivity contribution is -0.388. The molecule has 0 aliphatic rings. The topological polar surface area (TPSA) is 124 Å². The Morgan fingerprint density at radius 1 is 1.45 bits per heavy atom. The van der Waals surface area contributed by atoms with Gasteiger partial charge in [0.2, 0.25) is 0 Å². The summed E-state index contributed by atoms with van der Waals surface area (Å²) < 4.78 is 1.63. The molecule has 0 unspecified atom stereocenters. The van der Waals surface area contributed by atoms with Crippen molar-refractivity contribution in [3.8, 4) is 0 Å². The zero-order chi connectivity index (χ0) is 14.9. The molecule has 0 saturated heterocycles. The molecule has 2 heterocycles. The van der Waals surface area contributed by atoms with Crippen LogP contribution in [0.1, 0.15) is 16.3 Å². The molecule has 9 nitrogen and oxygen atoms in total. The highest BCUT2D eigenvalue weighted by Gasteiger charge is 2.21. The van der Waals surface area contributed by atoms with Crippen LogP contribution in [0.2, 0.25) is 0 Å². The Balaban J connectivity index is 2.47. The minimum Gasteiger partial charge on any atom is -0.477 e. The standard InChI is InChI=1S/C10H9N5O4S/c1-5-12-13-10(14(5)2)20-8-7(15(18)19)4-3-6(11-8)9(16)17/h3-4H,1-2H3,(H,16,17). The van der Waals surface area contributed by atoms with Crippen molar-refractivity contribution < 1.29 is 14.8 Å². The molecule has 0 radical (unpaired) electrons. The molecule has 0 aliphatic carbocycles. The van der Waals surface area contributed by atoms with Crippen LogP contribution in [0.25, 0.3) is 0 Å². The average Bonchev–Trinajstić information content (AvgIpc) is 2.70. The van der Waals surface area contributed by atoms with Crippen LogP contribution in [0, 0.1) is 17.0 Å². The van der Waals surface area contributed by atoms with E-state index in [2.05, 4.69) is 15.2 Å². The number of aromatic carboxylic acids is 1. The molecule has 1 N–H and O–H groups in total. The first-order valence-corrected chi connectivity index (χ1v) is 6.14. The van der Waals surface area contributed by atoms with Gasteiger partial charge in [0.05, 0.1) is 4.92 Å². The summed E-state index contributed by atoms with van der Waals surface area (Å²) in [5.74, 6) is -0.625. The zero-order valence-corrected chi connectivity index (χ0v) is 11.3. The van der Waals surface area contributed by atoms with E-state index in [-0.39, 0.29) is 16.4 Å². The lowest BCUT2D eigenvalue weighted by Crippen LogP contribution is -2.04. The number of carbonyl (C=O) groups is 1. The zero-order valence-electron chi connectivity index (χ0n) is 10.5. The molecule has 104 valence electrons. The van der Waals surface area contributed by atoms with E-state index in [0.29, 0.717) is 11.0 Å². The van der Waals surface area contributed by atoms with Crippen LogP contribution in [-0.2, 0) is 7.05 Å². The van der Waals surface area contributed by atoms with Crippen LogP contribution >= 0.6 is 11.8 Å². The number of carboxylic acid groups (broad SMARTS) is 1. The average molecular weight is 295 g/mol. The predicted molar refractivity (Wildman–Crippen MR) is 67.7 cm³/mol. The van der Waals surface area contributed by atoms with Crippen LogP contribution in [0.3, 0.4) is 0 Å². The largest absolute Gasteiger partial charge is 0.477 e. The fourth-order valence-electron chi connectivity index (χ4n) is 1.33. The molecule has 0 aliphatic heterocycles. The summed E-state index contributed by atoms with van der Waals surface area (Å²) in [6.07, 6.45) is 0. The van der Waals surface area contributed by atoms with Crippen molar-refractivity contribution in [1.82, 2.24) is 19.7 Å². The number of pyridine rings is 1. The molecule has 0 bridgehead atoms. The second-order valence-electron chi connectivity index (χ2n) is 3.77. The fourth-order valence-corrected chi connectivity index (χ4v) is 2.24. The molecule has 0 atom stereocenters. The molecular formula is C10H9N5O4S. The molecule has 20 heavy (non-hydrogen) atoms. The summed E-state index contributed by atoms with van der Waals surface area (Å²) in [5, 5.41) is 27.9. The molecular weight excluding hydrogens is 286 g/mol. The highest BCUT2D eigenvalue weighted by atomic mass is 32.2. The van der Waals surface area contributed by atoms with Crippen LogP contribution in [-0.4, -0.2) is 35.7 Å². The number of aryl methyl sites for hydroxylation is 1. The van der Waals surface area contributed by atoms with Gasteiger partial charge in [-0.3, -0.25) is 10.1 Å². The lowest BCUT2D eigenvalue weighted by Gasteiger charge is -2.03. The van der Waals surface area contributed by atoms with E-state index in [1.165, 1.54) is 0 Å². The number of nitrogens with zero attached hydrogens (tertiary/aromatic N) is 5. The van der Waals surface area contributed by atoms with Crippen molar-refractivity contribution >= 4 is 23.4 Å². The maximum Gasteiger partial charge on any atom is 0.354 e. The highest BCUT2D eigenvalue weighted by molar-refractivity contribution is 7.99. The molecule has 2 aromatic heterocycles. The quantitative estimate of drug-likeness (QED) is 0.660. The number of nitro groups is 1. The maximum atomic E-state index is 10.9. The second-order valence-corrected chi connectivity index (χ2v) is 4.73. The van der Waals surface area contributed by atoms with Gasteiger partial charge in [0.25, 0.3) is 0 Å². The van der Waals surface area contributed by atoms with Gasteiger partial charge < -0.3 is 9.67 Å². The number of aromatic nitrogens is 4. The van der Waals surface area contributed by atoms with Crippen molar-refractivity contribution in [2.75, 3.05) is 0 Å². The van der Waals surface area contributed by atoms with E-state index in [1.54, 1.807) is 18.5 Å². The molecule has 0 spiro atoms. The summed E-state index contributed by atoms with van der Waals surface area (Å²) >= 11 is 0.895. The summed E-state index contributed by atoms with van der Waals surface area (Å²) in [4.78, 5) is 25.0. The van der Waals surface area contributed by atoms with E-state index in [0.717, 1.165) is 23.9 Å². The number of carboxylic acids is 1. The summed E-state index contributed by atoms with van der Waals surface area (Å²) in [5.41, 5.74) is -0.544. The fraction of sp³-hybridized carbons (Fsp3) is 0.200. The first-order valence-electron chi connectivity index (χ1n) is 5.32. The van der Waals surface area contributed by atoms with Gasteiger partial charge in [0.15, 0.2) is 10.2 Å². The van der Waals surface area contributed by atoms with Crippen LogP contribution in [0.5, 0.6) is 0 Å². The molecule has 0 fully saturated rings. The Morgan fingerprint density at radius 2 is 2.15 bits per heavy atom. The van der Waals surface area contributed by atoms with Gasteiger partial charge in [0, 0.05) is 13.1 Å². The SMILES string of the molecule is Cc1nnc(Sc2nc(C(=O)O)ccc2[N+](=O)[O-])n1C. The molecule has 0 amide bonds. The van der Waals surface area contributed by atoms with Crippen molar-refractivity contribution in [2.24, 2.45) is 7.05 Å². The maximum absolute atomic E-state index is 10.9. The van der Waals surface area contributed by atoms with E-state index in [4.69, 9.17) is 5.11 Å². The number of rotatable bonds is 4. The Bertz CT molecular complexity index is 699. The van der Waals surface area contributed by atoms with Gasteiger partial charge in [-0.05, 0) is 24.8 Å². The summed E-state index contributed by atoms with van der Waals surface area (Å²) in [6, 6.07) is 2.20. The molecule has 10 heteroatoms. The molecule has 0 saturated carbocycles. The first-order chi connectivity index (χ1) is 9.40. The lowest BCUT2D eigenvalue weighted by atomic mass is 10.3. The van der Waals surface area contributed by atoms with Crippen LogP contribution in [0.15, 0.2) is 22.3 Å². The Kier molecular flexibility index (Phi) is 3.66. The summed E-state index contributed by atoms with van der Waals surface area (Å²) in [6.45, 7) is 1.73. The molecule has 2 aromatic rings. The van der Waals surface area contributed by atoms with Gasteiger partial charge in [-0.1, -0.05) is 0 Å². The van der Waals surface area contributed by atoms with Crippen LogP contribution < -0.4 is 0 Å². The molecule has 2 rings (SSSR count). The van der Waals surface area contributed by atoms with Gasteiger partial charge in [0.1, 0.15) is 11.5 Å². The minimum absolute atomic E-state index is 0.0367. The minimum atomic E-state index is -1.25. The third-order valence-electron chi connectivity index (χ3n) is 2.50. The normalized spacial score (nSPS) is 10.5. The van der Waals surface area contributed by atoms with Crippen molar-refractivity contribution in [2.45, 2.75) is 17.1 Å². The third-order valence-corrected chi connectivity index (χ3v) is 3.53. The van der Waals surface area contributed by atoms with Crippen molar-refractivity contribution in [3.05, 3.63) is 33.8 Å². The van der Waals surface area contributed by atoms with E-state index in [1.807, 2.05) is 0 Å². The summed E-state index contributed by atoms with van der Waals surface area (Å²) in [7, 11) is 1.70. The van der Waals surface area contributed by atoms with Crippen molar-refractivity contribution in [3.63, 3.8) is 0 Å². The van der Waals surface area contributed by atoms with Crippen LogP contribution in [0.4, 0.5) is 5.69 Å². The Morgan fingerprint density at radius 3 is 2.65 bits per heavy atom. The third kappa shape index (κ3) is 2.59. The highest BCUT2D eigenvalue weighted by Crippen LogP contribution is 2.32. The first kappa shape index (κ1) is 13.9. The second kappa shape index (κ2) is 5.25. The van der Waals surface area contributed by atoms with E-state index < -0.39 is 10.9 Å². The number of hydrogen-bond donors (Lipinski definition) is 1. The Labute approximate surface area is 116 Å². The van der Waals surface area contributed by atoms with Gasteiger partial charge in [-0.2, -0.15) is 0 Å². The van der Waals surface area contributed by atoms with Crippen molar-refractivity contribution in [1.29, 1.82) is 0 Å². The van der Waals surface area contributed by atoms with Gasteiger partial charge in [-0.25, -0.2) is 9.78 Å². The van der Waals surface area contributed by atoms with E-state index >= 15 is 0 Å². The molecule has 0 aromatic carbocycles. The van der Waals surface area contributed by atoms with E-state index in [9.17, 15) is 14.9 Å². The smallest absolute Gasteiger partial charge is 0.354 e.